The molecular formula is C17H19F2NO3. The molecule has 2 atom stereocenters. The Morgan fingerprint density at radius 1 is 1.22 bits per heavy atom. The highest BCUT2D eigenvalue weighted by atomic mass is 19.1. The number of carbonyl (C=O) groups excluding carboxylic acids is 1. The summed E-state index contributed by atoms with van der Waals surface area (Å²) in [6, 6.07) is 3.54. The fourth-order valence-corrected chi connectivity index (χ4v) is 3.46. The molecule has 2 aliphatic carbocycles. The largest absolute Gasteiger partial charge is 0.481 e. The van der Waals surface area contributed by atoms with Crippen molar-refractivity contribution in [3.8, 4) is 0 Å². The molecule has 3 rings (SSSR count). The molecule has 0 heterocycles. The summed E-state index contributed by atoms with van der Waals surface area (Å²) in [4.78, 5) is 23.1. The molecule has 0 saturated heterocycles. The molecule has 0 aromatic heterocycles. The van der Waals surface area contributed by atoms with Crippen molar-refractivity contribution in [3.05, 3.63) is 35.4 Å². The lowest BCUT2D eigenvalue weighted by atomic mass is 9.94. The summed E-state index contributed by atoms with van der Waals surface area (Å²) in [7, 11) is 0. The zero-order valence-electron chi connectivity index (χ0n) is 12.6. The lowest BCUT2D eigenvalue weighted by molar-refractivity contribution is -0.141. The third kappa shape index (κ3) is 3.21. The van der Waals surface area contributed by atoms with Crippen LogP contribution >= 0.6 is 0 Å². The van der Waals surface area contributed by atoms with Crippen LogP contribution in [0, 0.1) is 23.5 Å². The van der Waals surface area contributed by atoms with Crippen LogP contribution in [0.2, 0.25) is 0 Å². The van der Waals surface area contributed by atoms with Crippen molar-refractivity contribution in [3.63, 3.8) is 0 Å². The summed E-state index contributed by atoms with van der Waals surface area (Å²) in [5.41, 5.74) is -0.00726. The maximum absolute atomic E-state index is 13.9. The topological polar surface area (TPSA) is 66.4 Å². The fourth-order valence-electron chi connectivity index (χ4n) is 3.46. The molecule has 1 aromatic carbocycles. The summed E-state index contributed by atoms with van der Waals surface area (Å²) >= 11 is 0. The predicted molar refractivity (Wildman–Crippen MR) is 78.7 cm³/mol. The number of hydrogen-bond donors (Lipinski definition) is 2. The van der Waals surface area contributed by atoms with Crippen LogP contribution in [0.1, 0.15) is 37.7 Å². The molecule has 1 aromatic rings. The van der Waals surface area contributed by atoms with Gasteiger partial charge in [-0.2, -0.15) is 0 Å². The fraction of sp³-hybridized carbons (Fsp3) is 0.529. The van der Waals surface area contributed by atoms with Crippen molar-refractivity contribution >= 4 is 11.9 Å². The van der Waals surface area contributed by atoms with E-state index in [4.69, 9.17) is 5.11 Å². The second kappa shape index (κ2) is 5.91. The number of carboxylic acids is 1. The SMILES string of the molecule is O=C(O)[C@@H]1CC[C@H](C(=O)NCC2(c3ccc(F)cc3F)CC2)C1. The van der Waals surface area contributed by atoms with Crippen LogP contribution in [0.4, 0.5) is 8.78 Å². The van der Waals surface area contributed by atoms with Gasteiger partial charge < -0.3 is 10.4 Å². The Kier molecular flexibility index (Phi) is 4.08. The van der Waals surface area contributed by atoms with Gasteiger partial charge in [0, 0.05) is 23.9 Å². The van der Waals surface area contributed by atoms with Gasteiger partial charge in [0.15, 0.2) is 0 Å². The van der Waals surface area contributed by atoms with Crippen LogP contribution in [-0.2, 0) is 15.0 Å². The van der Waals surface area contributed by atoms with Gasteiger partial charge in [-0.25, -0.2) is 8.78 Å². The van der Waals surface area contributed by atoms with E-state index in [2.05, 4.69) is 5.32 Å². The first-order valence-corrected chi connectivity index (χ1v) is 7.87. The number of nitrogens with one attached hydrogen (secondary N) is 1. The van der Waals surface area contributed by atoms with E-state index in [0.29, 0.717) is 31.4 Å². The normalized spacial score (nSPS) is 25.1. The molecule has 2 saturated carbocycles. The minimum Gasteiger partial charge on any atom is -0.481 e. The van der Waals surface area contributed by atoms with Crippen LogP contribution in [-0.4, -0.2) is 23.5 Å². The Bertz CT molecular complexity index is 643. The van der Waals surface area contributed by atoms with Gasteiger partial charge in [0.25, 0.3) is 0 Å². The summed E-state index contributed by atoms with van der Waals surface area (Å²) in [6.07, 6.45) is 2.95. The molecule has 4 nitrogen and oxygen atoms in total. The van der Waals surface area contributed by atoms with Crippen molar-refractivity contribution in [1.82, 2.24) is 5.32 Å². The Labute approximate surface area is 132 Å². The van der Waals surface area contributed by atoms with Crippen LogP contribution < -0.4 is 5.32 Å². The van der Waals surface area contributed by atoms with Gasteiger partial charge in [0.05, 0.1) is 5.92 Å². The summed E-state index contributed by atoms with van der Waals surface area (Å²) in [6.45, 7) is 0.308. The summed E-state index contributed by atoms with van der Waals surface area (Å²) < 4.78 is 27.0. The monoisotopic (exact) mass is 323 g/mol. The quantitative estimate of drug-likeness (QED) is 0.875. The van der Waals surface area contributed by atoms with E-state index in [9.17, 15) is 18.4 Å². The minimum atomic E-state index is -0.854. The van der Waals surface area contributed by atoms with E-state index >= 15 is 0 Å². The van der Waals surface area contributed by atoms with E-state index in [-0.39, 0.29) is 11.8 Å². The van der Waals surface area contributed by atoms with Crippen LogP contribution in [0.25, 0.3) is 0 Å². The molecule has 23 heavy (non-hydrogen) atoms. The summed E-state index contributed by atoms with van der Waals surface area (Å²) in [5, 5.41) is 11.8. The molecule has 2 aliphatic rings. The van der Waals surface area contributed by atoms with Gasteiger partial charge in [0.2, 0.25) is 5.91 Å². The highest BCUT2D eigenvalue weighted by molar-refractivity contribution is 5.81. The van der Waals surface area contributed by atoms with E-state index < -0.39 is 28.9 Å². The number of carboxylic acid groups (broad SMARTS) is 1. The molecule has 124 valence electrons. The average Bonchev–Trinajstić information content (AvgIpc) is 3.10. The number of hydrogen-bond acceptors (Lipinski definition) is 2. The molecular weight excluding hydrogens is 304 g/mol. The number of benzene rings is 1. The van der Waals surface area contributed by atoms with Crippen molar-refractivity contribution in [2.45, 2.75) is 37.5 Å². The van der Waals surface area contributed by atoms with E-state index in [1.165, 1.54) is 12.1 Å². The summed E-state index contributed by atoms with van der Waals surface area (Å²) in [5.74, 6) is -2.95. The molecule has 0 unspecified atom stereocenters. The van der Waals surface area contributed by atoms with Crippen molar-refractivity contribution in [1.29, 1.82) is 0 Å². The molecule has 6 heteroatoms. The molecule has 0 aliphatic heterocycles. The van der Waals surface area contributed by atoms with Crippen molar-refractivity contribution in [2.75, 3.05) is 6.54 Å². The van der Waals surface area contributed by atoms with E-state index in [0.717, 1.165) is 18.9 Å². The Morgan fingerprint density at radius 3 is 2.48 bits per heavy atom. The lowest BCUT2D eigenvalue weighted by Gasteiger charge is -2.19. The zero-order chi connectivity index (χ0) is 16.6. The molecule has 0 bridgehead atoms. The zero-order valence-corrected chi connectivity index (χ0v) is 12.6. The molecule has 1 amide bonds. The number of carbonyl (C=O) groups is 2. The van der Waals surface area contributed by atoms with Crippen LogP contribution in [0.15, 0.2) is 18.2 Å². The van der Waals surface area contributed by atoms with E-state index in [1.54, 1.807) is 0 Å². The van der Waals surface area contributed by atoms with Crippen molar-refractivity contribution < 1.29 is 23.5 Å². The van der Waals surface area contributed by atoms with Crippen molar-refractivity contribution in [2.24, 2.45) is 11.8 Å². The second-order valence-electron chi connectivity index (χ2n) is 6.67. The highest BCUT2D eigenvalue weighted by Gasteiger charge is 2.46. The maximum Gasteiger partial charge on any atom is 0.306 e. The van der Waals surface area contributed by atoms with Gasteiger partial charge in [-0.1, -0.05) is 6.07 Å². The molecule has 2 N–H and O–H groups in total. The van der Waals surface area contributed by atoms with Crippen LogP contribution in [0.5, 0.6) is 0 Å². The highest BCUT2D eigenvalue weighted by Crippen LogP contribution is 2.48. The van der Waals surface area contributed by atoms with Gasteiger partial charge in [-0.15, -0.1) is 0 Å². The Hall–Kier alpha value is -1.98. The number of aliphatic carboxylic acids is 1. The first kappa shape index (κ1) is 15.9. The second-order valence-corrected chi connectivity index (χ2v) is 6.67. The lowest BCUT2D eigenvalue weighted by Crippen LogP contribution is -2.36. The first-order valence-electron chi connectivity index (χ1n) is 7.87. The molecule has 0 radical (unpaired) electrons. The third-order valence-electron chi connectivity index (χ3n) is 5.11. The maximum atomic E-state index is 13.9. The Balaban J connectivity index is 1.60. The van der Waals surface area contributed by atoms with Gasteiger partial charge >= 0.3 is 5.97 Å². The van der Waals surface area contributed by atoms with Gasteiger partial charge in [-0.05, 0) is 43.7 Å². The third-order valence-corrected chi connectivity index (χ3v) is 5.11. The molecule has 0 spiro atoms. The van der Waals surface area contributed by atoms with E-state index in [1.807, 2.05) is 0 Å². The average molecular weight is 323 g/mol. The standard InChI is InChI=1S/C17H19F2NO3/c18-12-3-4-13(14(19)8-12)17(5-6-17)9-20-15(21)10-1-2-11(7-10)16(22)23/h3-4,8,10-11H,1-2,5-7,9H2,(H,20,21)(H,22,23)/t10-,11+/m0/s1. The van der Waals surface area contributed by atoms with Gasteiger partial charge in [0.1, 0.15) is 11.6 Å². The smallest absolute Gasteiger partial charge is 0.306 e. The van der Waals surface area contributed by atoms with Crippen LogP contribution in [0.3, 0.4) is 0 Å². The number of halogens is 2. The Morgan fingerprint density at radius 2 is 1.91 bits per heavy atom. The number of amides is 1. The molecule has 2 fully saturated rings. The van der Waals surface area contributed by atoms with Gasteiger partial charge in [-0.3, -0.25) is 9.59 Å². The first-order chi connectivity index (χ1) is 10.9. The minimum absolute atomic E-state index is 0.164. The number of rotatable bonds is 5. The predicted octanol–water partition coefficient (Wildman–Crippen LogP) is 2.61.